The van der Waals surface area contributed by atoms with E-state index in [-0.39, 0.29) is 50.7 Å². The highest BCUT2D eigenvalue weighted by Gasteiger charge is 2.34. The van der Waals surface area contributed by atoms with Gasteiger partial charge in [0.15, 0.2) is 11.6 Å². The lowest BCUT2D eigenvalue weighted by atomic mass is 9.89. The Balaban J connectivity index is 1.16. The number of aliphatic hydroxyl groups is 2. The van der Waals surface area contributed by atoms with Gasteiger partial charge in [0.1, 0.15) is 18.7 Å². The molecule has 8 N–H and O–H groups in total. The summed E-state index contributed by atoms with van der Waals surface area (Å²) in [6.45, 7) is 3.52. The van der Waals surface area contributed by atoms with Gasteiger partial charge in [-0.15, -0.1) is 0 Å². The molecule has 5 atom stereocenters. The van der Waals surface area contributed by atoms with E-state index in [4.69, 9.17) is 9.47 Å². The predicted octanol–water partition coefficient (Wildman–Crippen LogP) is 2.31. The zero-order chi connectivity index (χ0) is 46.9. The summed E-state index contributed by atoms with van der Waals surface area (Å²) in [7, 11) is 0. The highest BCUT2D eigenvalue weighted by atomic mass is 16.5. The number of H-pyrrole nitrogens is 1. The van der Waals surface area contributed by atoms with E-state index in [1.54, 1.807) is 0 Å². The molecule has 5 amide bonds. The van der Waals surface area contributed by atoms with Gasteiger partial charge in [0.2, 0.25) is 11.8 Å². The van der Waals surface area contributed by atoms with E-state index < -0.39 is 91.1 Å². The molecule has 1 aromatic heterocycles. The Morgan fingerprint density at radius 2 is 1.45 bits per heavy atom. The Hall–Kier alpha value is -6.18. The van der Waals surface area contributed by atoms with Crippen molar-refractivity contribution in [1.82, 2.24) is 36.1 Å². The van der Waals surface area contributed by atoms with Gasteiger partial charge in [-0.05, 0) is 53.9 Å². The summed E-state index contributed by atoms with van der Waals surface area (Å²) in [6, 6.07) is 11.5. The second-order valence-corrected chi connectivity index (χ2v) is 16.8. The van der Waals surface area contributed by atoms with Crippen molar-refractivity contribution in [3.8, 4) is 11.1 Å². The van der Waals surface area contributed by atoms with Crippen LogP contribution in [0.5, 0.6) is 0 Å². The van der Waals surface area contributed by atoms with Crippen LogP contribution in [0, 0.1) is 17.8 Å². The van der Waals surface area contributed by atoms with Gasteiger partial charge in [0, 0.05) is 56.7 Å². The molecule has 2 aliphatic rings. The number of carbonyl (C=O) groups excluding carboxylic acids is 6. The molecule has 2 aromatic carbocycles. The monoisotopic (exact) mass is 903 g/mol. The van der Waals surface area contributed by atoms with Crippen LogP contribution >= 0.6 is 0 Å². The molecule has 352 valence electrons. The molecule has 0 bridgehead atoms. The normalized spacial score (nSPS) is 15.7. The van der Waals surface area contributed by atoms with E-state index in [0.717, 1.165) is 22.3 Å². The van der Waals surface area contributed by atoms with E-state index >= 15 is 0 Å². The molecular weight excluding hydrogens is 843 g/mol. The minimum absolute atomic E-state index is 0.0310. The van der Waals surface area contributed by atoms with Crippen LogP contribution in [0.15, 0.2) is 61.1 Å². The van der Waals surface area contributed by atoms with Crippen molar-refractivity contribution < 1.29 is 58.4 Å². The average molecular weight is 904 g/mol. The molecular formula is C46H61N7O12. The molecule has 1 aliphatic heterocycles. The van der Waals surface area contributed by atoms with Crippen LogP contribution in [0.25, 0.3) is 11.1 Å². The zero-order valence-corrected chi connectivity index (χ0v) is 36.8. The van der Waals surface area contributed by atoms with Crippen LogP contribution in [0.3, 0.4) is 0 Å². The number of Topliss-reactive ketones (excluding diaryl/α,β-unsaturated/α-hetero) is 2. The average Bonchev–Trinajstić information content (AvgIpc) is 3.94. The predicted molar refractivity (Wildman–Crippen MR) is 235 cm³/mol. The van der Waals surface area contributed by atoms with Crippen LogP contribution in [0.2, 0.25) is 0 Å². The van der Waals surface area contributed by atoms with Crippen molar-refractivity contribution >= 4 is 41.5 Å². The second kappa shape index (κ2) is 24.8. The number of carbonyl (C=O) groups is 7. The number of benzene rings is 2. The van der Waals surface area contributed by atoms with Gasteiger partial charge >= 0.3 is 18.1 Å². The van der Waals surface area contributed by atoms with E-state index in [9.17, 15) is 48.9 Å². The van der Waals surface area contributed by atoms with E-state index in [1.807, 2.05) is 62.4 Å². The number of ketones is 2. The van der Waals surface area contributed by atoms with E-state index in [1.165, 1.54) is 17.4 Å². The molecule has 3 aromatic rings. The SMILES string of the molecule is CC(C)C[C@H](CC(=O)[C@H](CCCCNC(=O)OCC1c2ccccc2-c2ccccc21)NC(=O)[C@H](CO)CC(=O)[C@H](CO)NC(=O)[C@H](Cc1cnc[nH]1)NC(=O)N1CCOCC1)C(=O)O. The number of aliphatic hydroxyl groups excluding tert-OH is 2. The summed E-state index contributed by atoms with van der Waals surface area (Å²) < 4.78 is 10.9. The molecule has 0 spiro atoms. The van der Waals surface area contributed by atoms with E-state index in [0.29, 0.717) is 44.8 Å². The number of ether oxygens (including phenoxy) is 2. The lowest BCUT2D eigenvalue weighted by Gasteiger charge is -2.29. The number of nitrogens with zero attached hydrogens (tertiary/aromatic N) is 2. The van der Waals surface area contributed by atoms with Crippen molar-refractivity contribution in [2.45, 2.75) is 82.8 Å². The number of urea groups is 1. The van der Waals surface area contributed by atoms with Crippen molar-refractivity contribution in [3.63, 3.8) is 0 Å². The third-order valence-corrected chi connectivity index (χ3v) is 11.6. The molecule has 2 heterocycles. The van der Waals surface area contributed by atoms with Gasteiger partial charge in [-0.25, -0.2) is 14.6 Å². The third-order valence-electron chi connectivity index (χ3n) is 11.6. The molecule has 0 radical (unpaired) electrons. The molecule has 0 saturated carbocycles. The first kappa shape index (κ1) is 49.8. The number of rotatable bonds is 25. The maximum Gasteiger partial charge on any atom is 0.407 e. The van der Waals surface area contributed by atoms with Crippen LogP contribution in [0.1, 0.15) is 75.1 Å². The van der Waals surface area contributed by atoms with Crippen molar-refractivity contribution in [1.29, 1.82) is 0 Å². The summed E-state index contributed by atoms with van der Waals surface area (Å²) in [5, 5.41) is 40.7. The topological polar surface area (TPSA) is 279 Å². The minimum Gasteiger partial charge on any atom is -0.481 e. The Morgan fingerprint density at radius 1 is 0.815 bits per heavy atom. The highest BCUT2D eigenvalue weighted by Crippen LogP contribution is 2.44. The maximum atomic E-state index is 13.7. The number of fused-ring (bicyclic) bond motifs is 3. The Labute approximate surface area is 377 Å². The van der Waals surface area contributed by atoms with Gasteiger partial charge in [0.05, 0.1) is 50.6 Å². The molecule has 19 heteroatoms. The number of aromatic amines is 1. The summed E-state index contributed by atoms with van der Waals surface area (Å²) >= 11 is 0. The summed E-state index contributed by atoms with van der Waals surface area (Å²) in [6.07, 6.45) is 2.14. The zero-order valence-electron chi connectivity index (χ0n) is 36.8. The molecule has 19 nitrogen and oxygen atoms in total. The highest BCUT2D eigenvalue weighted by molar-refractivity contribution is 5.96. The van der Waals surface area contributed by atoms with Gasteiger partial charge < -0.3 is 55.9 Å². The summed E-state index contributed by atoms with van der Waals surface area (Å²) in [5.41, 5.74) is 4.85. The minimum atomic E-state index is -1.53. The van der Waals surface area contributed by atoms with Crippen LogP contribution < -0.4 is 21.3 Å². The molecule has 1 aliphatic carbocycles. The number of amides is 5. The van der Waals surface area contributed by atoms with Gasteiger partial charge in [0.25, 0.3) is 0 Å². The van der Waals surface area contributed by atoms with E-state index in [2.05, 4.69) is 31.2 Å². The van der Waals surface area contributed by atoms with Crippen molar-refractivity contribution in [2.24, 2.45) is 17.8 Å². The Morgan fingerprint density at radius 3 is 2.05 bits per heavy atom. The number of nitrogens with one attached hydrogen (secondary N) is 5. The quantitative estimate of drug-likeness (QED) is 0.0568. The number of alkyl carbamates (subject to hydrolysis) is 1. The first-order valence-electron chi connectivity index (χ1n) is 22.1. The van der Waals surface area contributed by atoms with Crippen LogP contribution in [-0.4, -0.2) is 142 Å². The van der Waals surface area contributed by atoms with Crippen molar-refractivity contribution in [3.05, 3.63) is 77.9 Å². The Kier molecular flexibility index (Phi) is 19.0. The maximum absolute atomic E-state index is 13.7. The number of aromatic nitrogens is 2. The van der Waals surface area contributed by atoms with Crippen LogP contribution in [0.4, 0.5) is 9.59 Å². The fourth-order valence-electron chi connectivity index (χ4n) is 8.10. The Bertz CT molecular complexity index is 2050. The summed E-state index contributed by atoms with van der Waals surface area (Å²) in [5.74, 6) is -6.77. The van der Waals surface area contributed by atoms with Gasteiger partial charge in [-0.1, -0.05) is 62.4 Å². The standard InChI is InChI=1S/C46H61N7O12/c1-28(2)19-29(44(60)61)20-40(56)37(13-7-8-14-48-46(63)65-26-36-34-11-5-3-9-32(34)33-10-4-6-12-35(33)36)50-42(58)30(24-54)21-41(57)39(25-55)51-43(59)38(22-31-23-47-27-49-31)52-45(62)53-15-17-64-18-16-53/h3-6,9-12,23,27-30,36-39,54-55H,7-8,13-22,24-26H2,1-2H3,(H,47,49)(H,48,63)(H,50,58)(H,51,59)(H,52,62)(H,60,61)/t29-,30+,37+,38+,39+/m1/s1. The molecule has 0 unspecified atom stereocenters. The first-order chi connectivity index (χ1) is 31.3. The third kappa shape index (κ3) is 14.4. The number of imidazole rings is 1. The molecule has 65 heavy (non-hydrogen) atoms. The second-order valence-electron chi connectivity index (χ2n) is 16.8. The number of carboxylic acid groups (broad SMARTS) is 1. The van der Waals surface area contributed by atoms with Crippen molar-refractivity contribution in [2.75, 3.05) is 52.7 Å². The fourth-order valence-corrected chi connectivity index (χ4v) is 8.10. The number of morpholine rings is 1. The molecule has 1 fully saturated rings. The lowest BCUT2D eigenvalue weighted by molar-refractivity contribution is -0.144. The molecule has 1 saturated heterocycles. The summed E-state index contributed by atoms with van der Waals surface area (Å²) in [4.78, 5) is 100. The number of carboxylic acids is 1. The van der Waals surface area contributed by atoms with Crippen LogP contribution in [-0.2, 0) is 39.9 Å². The largest absolute Gasteiger partial charge is 0.481 e. The smallest absolute Gasteiger partial charge is 0.407 e. The lowest BCUT2D eigenvalue weighted by Crippen LogP contribution is -2.57. The van der Waals surface area contributed by atoms with Gasteiger partial charge in [-0.2, -0.15) is 0 Å². The number of unbranched alkanes of at least 4 members (excludes halogenated alkanes) is 1. The van der Waals surface area contributed by atoms with Gasteiger partial charge in [-0.3, -0.25) is 24.0 Å². The number of aliphatic carboxylic acids is 1. The number of hydrogen-bond donors (Lipinski definition) is 8. The molecule has 5 rings (SSSR count). The number of hydrogen-bond acceptors (Lipinski definition) is 12. The first-order valence-corrected chi connectivity index (χ1v) is 22.1. The fraction of sp³-hybridized carbons (Fsp3) is 0.522.